The van der Waals surface area contributed by atoms with Gasteiger partial charge in [0.05, 0.1) is 11.5 Å². The summed E-state index contributed by atoms with van der Waals surface area (Å²) >= 11 is 0. The third-order valence-corrected chi connectivity index (χ3v) is 5.05. The third kappa shape index (κ3) is 3.15. The van der Waals surface area contributed by atoms with Gasteiger partial charge in [-0.2, -0.15) is 0 Å². The van der Waals surface area contributed by atoms with Crippen LogP contribution in [0.3, 0.4) is 0 Å². The second kappa shape index (κ2) is 4.96. The summed E-state index contributed by atoms with van der Waals surface area (Å²) in [5.74, 6) is 1.54. The minimum absolute atomic E-state index is 0.110. The topological polar surface area (TPSA) is 83.1 Å². The fraction of sp³-hybridized carbons (Fsp3) is 0.667. The summed E-state index contributed by atoms with van der Waals surface area (Å²) in [6, 6.07) is 1.27. The fourth-order valence-electron chi connectivity index (χ4n) is 2.22. The van der Waals surface area contributed by atoms with E-state index in [4.69, 9.17) is 0 Å². The van der Waals surface area contributed by atoms with E-state index in [9.17, 15) is 13.2 Å². The Kier molecular flexibility index (Phi) is 3.66. The molecule has 1 aliphatic heterocycles. The second-order valence-corrected chi connectivity index (χ2v) is 7.53. The van der Waals surface area contributed by atoms with Gasteiger partial charge in [-0.3, -0.25) is 4.79 Å². The van der Waals surface area contributed by atoms with Gasteiger partial charge in [-0.1, -0.05) is 13.8 Å². The highest BCUT2D eigenvalue weighted by Gasteiger charge is 2.29. The van der Waals surface area contributed by atoms with E-state index in [-0.39, 0.29) is 29.0 Å². The molecule has 1 aliphatic rings. The zero-order chi connectivity index (χ0) is 14.2. The van der Waals surface area contributed by atoms with Crippen molar-refractivity contribution in [3.05, 3.63) is 22.2 Å². The van der Waals surface area contributed by atoms with Crippen molar-refractivity contribution in [2.45, 2.75) is 32.7 Å². The first kappa shape index (κ1) is 14.0. The van der Waals surface area contributed by atoms with Gasteiger partial charge in [-0.05, 0) is 6.92 Å². The Morgan fingerprint density at radius 3 is 2.74 bits per heavy atom. The van der Waals surface area contributed by atoms with E-state index in [0.717, 1.165) is 0 Å². The highest BCUT2D eigenvalue weighted by molar-refractivity contribution is 7.91. The number of anilines is 1. The molecule has 0 radical (unpaired) electrons. The summed E-state index contributed by atoms with van der Waals surface area (Å²) in [6.45, 7) is 6.13. The summed E-state index contributed by atoms with van der Waals surface area (Å²) in [5, 5.41) is 0. The number of H-pyrrole nitrogens is 1. The van der Waals surface area contributed by atoms with Crippen molar-refractivity contribution < 1.29 is 8.42 Å². The summed E-state index contributed by atoms with van der Waals surface area (Å²) in [4.78, 5) is 20.7. The SMILES string of the molecule is CC(C)c1nc(N2CCS(=O)(=O)CC2C)cc(=O)[nH]1. The Hall–Kier alpha value is -1.37. The fourth-order valence-corrected chi connectivity index (χ4v) is 3.78. The molecular formula is C12H19N3O3S. The Morgan fingerprint density at radius 1 is 1.47 bits per heavy atom. The third-order valence-electron chi connectivity index (χ3n) is 3.26. The average molecular weight is 285 g/mol. The van der Waals surface area contributed by atoms with Gasteiger partial charge in [-0.15, -0.1) is 0 Å². The molecule has 1 saturated heterocycles. The number of aromatic amines is 1. The van der Waals surface area contributed by atoms with E-state index in [0.29, 0.717) is 18.2 Å². The smallest absolute Gasteiger partial charge is 0.252 e. The molecule has 0 aliphatic carbocycles. The van der Waals surface area contributed by atoms with Crippen LogP contribution in [0.4, 0.5) is 5.82 Å². The average Bonchev–Trinajstić information content (AvgIpc) is 2.26. The Morgan fingerprint density at radius 2 is 2.16 bits per heavy atom. The lowest BCUT2D eigenvalue weighted by molar-refractivity contribution is 0.566. The van der Waals surface area contributed by atoms with Crippen LogP contribution in [0, 0.1) is 0 Å². The Labute approximate surface area is 112 Å². The number of nitrogens with one attached hydrogen (secondary N) is 1. The lowest BCUT2D eigenvalue weighted by atomic mass is 10.2. The first-order valence-corrected chi connectivity index (χ1v) is 8.19. The zero-order valence-corrected chi connectivity index (χ0v) is 12.2. The summed E-state index contributed by atoms with van der Waals surface area (Å²) in [6.07, 6.45) is 0. The van der Waals surface area contributed by atoms with Crippen LogP contribution >= 0.6 is 0 Å². The molecule has 1 aromatic heterocycles. The van der Waals surface area contributed by atoms with Crippen molar-refractivity contribution in [1.82, 2.24) is 9.97 Å². The van der Waals surface area contributed by atoms with Crippen LogP contribution in [0.5, 0.6) is 0 Å². The van der Waals surface area contributed by atoms with Gasteiger partial charge in [-0.25, -0.2) is 13.4 Å². The molecule has 0 aromatic carbocycles. The number of hydrogen-bond acceptors (Lipinski definition) is 5. The van der Waals surface area contributed by atoms with Crippen LogP contribution in [0.25, 0.3) is 0 Å². The predicted molar refractivity (Wildman–Crippen MR) is 74.4 cm³/mol. The molecule has 1 unspecified atom stereocenters. The van der Waals surface area contributed by atoms with Gasteiger partial charge >= 0.3 is 0 Å². The number of nitrogens with zero attached hydrogens (tertiary/aromatic N) is 2. The maximum atomic E-state index is 11.7. The van der Waals surface area contributed by atoms with Gasteiger partial charge in [0.1, 0.15) is 11.6 Å². The van der Waals surface area contributed by atoms with Crippen LogP contribution in [-0.4, -0.2) is 42.5 Å². The zero-order valence-electron chi connectivity index (χ0n) is 11.4. The lowest BCUT2D eigenvalue weighted by Crippen LogP contribution is -2.47. The first-order chi connectivity index (χ1) is 8.78. The van der Waals surface area contributed by atoms with Crippen LogP contribution in [0.15, 0.2) is 10.9 Å². The molecule has 2 rings (SSSR count). The molecule has 7 heteroatoms. The van der Waals surface area contributed by atoms with Crippen molar-refractivity contribution in [2.24, 2.45) is 0 Å². The maximum Gasteiger partial charge on any atom is 0.252 e. The molecule has 19 heavy (non-hydrogen) atoms. The summed E-state index contributed by atoms with van der Waals surface area (Å²) in [7, 11) is -2.96. The van der Waals surface area contributed by atoms with Gasteiger partial charge in [0.15, 0.2) is 9.84 Å². The van der Waals surface area contributed by atoms with Crippen molar-refractivity contribution in [2.75, 3.05) is 23.0 Å². The Bertz CT molecular complexity index is 621. The van der Waals surface area contributed by atoms with Crippen molar-refractivity contribution >= 4 is 15.7 Å². The summed E-state index contributed by atoms with van der Waals surface area (Å²) < 4.78 is 23.1. The Balaban J connectivity index is 2.35. The van der Waals surface area contributed by atoms with Crippen LogP contribution < -0.4 is 10.5 Å². The molecule has 0 saturated carbocycles. The molecule has 1 fully saturated rings. The second-order valence-electron chi connectivity index (χ2n) is 5.30. The molecule has 2 heterocycles. The van der Waals surface area contributed by atoms with E-state index >= 15 is 0 Å². The normalized spacial score (nSPS) is 22.7. The number of aromatic nitrogens is 2. The highest BCUT2D eigenvalue weighted by atomic mass is 32.2. The number of sulfone groups is 1. The van der Waals surface area contributed by atoms with E-state index in [1.54, 1.807) is 0 Å². The van der Waals surface area contributed by atoms with Crippen LogP contribution in [0.1, 0.15) is 32.5 Å². The number of rotatable bonds is 2. The maximum absolute atomic E-state index is 11.7. The molecule has 1 N–H and O–H groups in total. The van der Waals surface area contributed by atoms with Gasteiger partial charge in [0, 0.05) is 24.6 Å². The largest absolute Gasteiger partial charge is 0.352 e. The van der Waals surface area contributed by atoms with Gasteiger partial charge < -0.3 is 9.88 Å². The highest BCUT2D eigenvalue weighted by Crippen LogP contribution is 2.19. The van der Waals surface area contributed by atoms with Crippen LogP contribution in [-0.2, 0) is 9.84 Å². The first-order valence-electron chi connectivity index (χ1n) is 6.37. The summed E-state index contributed by atoms with van der Waals surface area (Å²) in [5.41, 5.74) is -0.200. The quantitative estimate of drug-likeness (QED) is 0.856. The van der Waals surface area contributed by atoms with E-state index < -0.39 is 9.84 Å². The molecule has 6 nitrogen and oxygen atoms in total. The van der Waals surface area contributed by atoms with Crippen molar-refractivity contribution in [3.63, 3.8) is 0 Å². The molecule has 0 spiro atoms. The molecule has 0 amide bonds. The lowest BCUT2D eigenvalue weighted by Gasteiger charge is -2.34. The minimum Gasteiger partial charge on any atom is -0.352 e. The van der Waals surface area contributed by atoms with E-state index in [1.807, 2.05) is 25.7 Å². The number of hydrogen-bond donors (Lipinski definition) is 1. The minimum atomic E-state index is -2.96. The van der Waals surface area contributed by atoms with E-state index in [1.165, 1.54) is 6.07 Å². The van der Waals surface area contributed by atoms with Crippen molar-refractivity contribution in [1.29, 1.82) is 0 Å². The van der Waals surface area contributed by atoms with Crippen molar-refractivity contribution in [3.8, 4) is 0 Å². The molecule has 1 aromatic rings. The monoisotopic (exact) mass is 285 g/mol. The van der Waals surface area contributed by atoms with Gasteiger partial charge in [0.25, 0.3) is 5.56 Å². The molecular weight excluding hydrogens is 266 g/mol. The predicted octanol–water partition coefficient (Wildman–Crippen LogP) is 0.517. The standard InChI is InChI=1S/C12H19N3O3S/c1-8(2)12-13-10(6-11(16)14-12)15-4-5-19(17,18)7-9(15)3/h6,8-9H,4-5,7H2,1-3H3,(H,13,14,16). The molecule has 1 atom stereocenters. The molecule has 0 bridgehead atoms. The van der Waals surface area contributed by atoms with Gasteiger partial charge in [0.2, 0.25) is 0 Å². The molecule has 106 valence electrons. The van der Waals surface area contributed by atoms with Crippen LogP contribution in [0.2, 0.25) is 0 Å². The van der Waals surface area contributed by atoms with E-state index in [2.05, 4.69) is 9.97 Å².